The highest BCUT2D eigenvalue weighted by molar-refractivity contribution is 9.10. The first kappa shape index (κ1) is 13.7. The van der Waals surface area contributed by atoms with Crippen molar-refractivity contribution in [3.05, 3.63) is 34.3 Å². The Morgan fingerprint density at radius 3 is 2.38 bits per heavy atom. The Balaban J connectivity index is 2.01. The van der Waals surface area contributed by atoms with E-state index in [0.717, 1.165) is 37.1 Å². The molecular weight excluding hydrogens is 264 g/mol. The average Bonchev–Trinajstić information content (AvgIpc) is 2.30. The highest BCUT2D eigenvalue weighted by Crippen LogP contribution is 2.10. The monoisotopic (exact) mass is 284 g/mol. The van der Waals surface area contributed by atoms with Crippen molar-refractivity contribution in [2.24, 2.45) is 0 Å². The molecule has 3 heteroatoms. The Kier molecular flexibility index (Phi) is 7.47. The topological polar surface area (TPSA) is 24.1 Å². The zero-order valence-electron chi connectivity index (χ0n) is 9.93. The van der Waals surface area contributed by atoms with Gasteiger partial charge in [-0.3, -0.25) is 0 Å². The van der Waals surface area contributed by atoms with Gasteiger partial charge in [0.25, 0.3) is 0 Å². The summed E-state index contributed by atoms with van der Waals surface area (Å²) in [7, 11) is 0. The van der Waals surface area contributed by atoms with Crippen LogP contribution in [0.5, 0.6) is 0 Å². The van der Waals surface area contributed by atoms with E-state index in [4.69, 9.17) is 0 Å². The van der Waals surface area contributed by atoms with Crippen molar-refractivity contribution in [3.63, 3.8) is 0 Å². The summed E-state index contributed by atoms with van der Waals surface area (Å²) in [6.45, 7) is 6.49. The molecule has 1 rings (SSSR count). The van der Waals surface area contributed by atoms with E-state index in [1.807, 2.05) is 0 Å². The molecule has 0 saturated heterocycles. The Morgan fingerprint density at radius 2 is 1.69 bits per heavy atom. The minimum Gasteiger partial charge on any atom is -0.317 e. The predicted molar refractivity (Wildman–Crippen MR) is 73.9 cm³/mol. The summed E-state index contributed by atoms with van der Waals surface area (Å²) in [6.07, 6.45) is 2.31. The van der Waals surface area contributed by atoms with E-state index >= 15 is 0 Å². The van der Waals surface area contributed by atoms with Crippen molar-refractivity contribution in [2.75, 3.05) is 26.2 Å². The van der Waals surface area contributed by atoms with Crippen LogP contribution in [-0.2, 0) is 6.42 Å². The maximum Gasteiger partial charge on any atom is 0.0175 e. The maximum atomic E-state index is 3.46. The van der Waals surface area contributed by atoms with Crippen molar-refractivity contribution >= 4 is 15.9 Å². The van der Waals surface area contributed by atoms with Crippen molar-refractivity contribution in [3.8, 4) is 0 Å². The van der Waals surface area contributed by atoms with Gasteiger partial charge in [0, 0.05) is 4.47 Å². The van der Waals surface area contributed by atoms with Crippen LogP contribution in [0.4, 0.5) is 0 Å². The van der Waals surface area contributed by atoms with Gasteiger partial charge in [0.2, 0.25) is 0 Å². The molecule has 0 spiro atoms. The predicted octanol–water partition coefficient (Wildman–Crippen LogP) is 2.58. The third-order valence-corrected chi connectivity index (χ3v) is 2.99. The zero-order chi connectivity index (χ0) is 11.6. The molecule has 2 nitrogen and oxygen atoms in total. The Bertz CT molecular complexity index is 272. The van der Waals surface area contributed by atoms with Gasteiger partial charge in [-0.1, -0.05) is 35.0 Å². The first-order chi connectivity index (χ1) is 7.83. The van der Waals surface area contributed by atoms with Gasteiger partial charge in [-0.05, 0) is 56.7 Å². The summed E-state index contributed by atoms with van der Waals surface area (Å²) in [6, 6.07) is 8.54. The molecule has 0 aliphatic heterocycles. The van der Waals surface area contributed by atoms with E-state index in [-0.39, 0.29) is 0 Å². The Labute approximate surface area is 107 Å². The van der Waals surface area contributed by atoms with Crippen molar-refractivity contribution < 1.29 is 0 Å². The standard InChI is InChI=1S/C13H21BrN2/c1-2-15-9-3-10-16-11-8-12-4-6-13(14)7-5-12/h4-7,15-16H,2-3,8-11H2,1H3. The molecular formula is C13H21BrN2. The van der Waals surface area contributed by atoms with Gasteiger partial charge in [-0.15, -0.1) is 0 Å². The average molecular weight is 285 g/mol. The second kappa shape index (κ2) is 8.74. The molecule has 0 atom stereocenters. The molecule has 90 valence electrons. The Hall–Kier alpha value is -0.380. The SMILES string of the molecule is CCNCCCNCCc1ccc(Br)cc1. The molecule has 0 bridgehead atoms. The lowest BCUT2D eigenvalue weighted by Crippen LogP contribution is -2.23. The first-order valence-corrected chi connectivity index (χ1v) is 6.78. The third kappa shape index (κ3) is 6.26. The van der Waals surface area contributed by atoms with Crippen LogP contribution in [0.2, 0.25) is 0 Å². The summed E-state index contributed by atoms with van der Waals surface area (Å²) < 4.78 is 1.15. The molecule has 0 heterocycles. The van der Waals surface area contributed by atoms with Crippen LogP contribution in [-0.4, -0.2) is 26.2 Å². The van der Waals surface area contributed by atoms with Crippen molar-refractivity contribution in [2.45, 2.75) is 19.8 Å². The van der Waals surface area contributed by atoms with Gasteiger partial charge in [0.15, 0.2) is 0 Å². The fourth-order valence-electron chi connectivity index (χ4n) is 1.52. The van der Waals surface area contributed by atoms with E-state index in [2.05, 4.69) is 57.8 Å². The number of hydrogen-bond donors (Lipinski definition) is 2. The van der Waals surface area contributed by atoms with E-state index in [1.54, 1.807) is 0 Å². The van der Waals surface area contributed by atoms with Crippen LogP contribution in [0, 0.1) is 0 Å². The molecule has 1 aromatic carbocycles. The lowest BCUT2D eigenvalue weighted by Gasteiger charge is -2.05. The summed E-state index contributed by atoms with van der Waals surface area (Å²) in [5.74, 6) is 0. The minimum absolute atomic E-state index is 1.06. The third-order valence-electron chi connectivity index (χ3n) is 2.46. The fraction of sp³-hybridized carbons (Fsp3) is 0.538. The quantitative estimate of drug-likeness (QED) is 0.717. The number of nitrogens with one attached hydrogen (secondary N) is 2. The van der Waals surface area contributed by atoms with Gasteiger partial charge in [-0.25, -0.2) is 0 Å². The molecule has 1 aromatic rings. The van der Waals surface area contributed by atoms with Gasteiger partial charge >= 0.3 is 0 Å². The summed E-state index contributed by atoms with van der Waals surface area (Å²) in [4.78, 5) is 0. The highest BCUT2D eigenvalue weighted by Gasteiger charge is 1.93. The van der Waals surface area contributed by atoms with Gasteiger partial charge in [0.05, 0.1) is 0 Å². The largest absolute Gasteiger partial charge is 0.317 e. The number of halogens is 1. The molecule has 0 aliphatic rings. The van der Waals surface area contributed by atoms with Crippen molar-refractivity contribution in [1.82, 2.24) is 10.6 Å². The normalized spacial score (nSPS) is 10.6. The minimum atomic E-state index is 1.06. The van der Waals surface area contributed by atoms with Crippen LogP contribution in [0.3, 0.4) is 0 Å². The Morgan fingerprint density at radius 1 is 1.00 bits per heavy atom. The molecule has 0 aliphatic carbocycles. The van der Waals surface area contributed by atoms with Crippen LogP contribution >= 0.6 is 15.9 Å². The maximum absolute atomic E-state index is 3.46. The van der Waals surface area contributed by atoms with E-state index in [1.165, 1.54) is 12.0 Å². The molecule has 0 amide bonds. The highest BCUT2D eigenvalue weighted by atomic mass is 79.9. The summed E-state index contributed by atoms with van der Waals surface area (Å²) in [5.41, 5.74) is 1.39. The van der Waals surface area contributed by atoms with E-state index in [0.29, 0.717) is 0 Å². The van der Waals surface area contributed by atoms with Crippen LogP contribution in [0.15, 0.2) is 28.7 Å². The van der Waals surface area contributed by atoms with Gasteiger partial charge in [0.1, 0.15) is 0 Å². The van der Waals surface area contributed by atoms with Crippen molar-refractivity contribution in [1.29, 1.82) is 0 Å². The van der Waals surface area contributed by atoms with Gasteiger partial charge < -0.3 is 10.6 Å². The molecule has 0 fully saturated rings. The van der Waals surface area contributed by atoms with E-state index < -0.39 is 0 Å². The first-order valence-electron chi connectivity index (χ1n) is 5.99. The molecule has 0 saturated carbocycles. The zero-order valence-corrected chi connectivity index (χ0v) is 11.5. The second-order valence-corrected chi connectivity index (χ2v) is 4.75. The molecule has 2 N–H and O–H groups in total. The smallest absolute Gasteiger partial charge is 0.0175 e. The molecule has 0 aromatic heterocycles. The summed E-state index contributed by atoms with van der Waals surface area (Å²) in [5, 5.41) is 6.77. The molecule has 0 radical (unpaired) electrons. The van der Waals surface area contributed by atoms with E-state index in [9.17, 15) is 0 Å². The van der Waals surface area contributed by atoms with Crippen LogP contribution < -0.4 is 10.6 Å². The lowest BCUT2D eigenvalue weighted by atomic mass is 10.1. The van der Waals surface area contributed by atoms with Gasteiger partial charge in [-0.2, -0.15) is 0 Å². The van der Waals surface area contributed by atoms with Crippen LogP contribution in [0.25, 0.3) is 0 Å². The molecule has 16 heavy (non-hydrogen) atoms. The fourth-order valence-corrected chi connectivity index (χ4v) is 1.79. The number of hydrogen-bond acceptors (Lipinski definition) is 2. The second-order valence-electron chi connectivity index (χ2n) is 3.83. The van der Waals surface area contributed by atoms with Crippen LogP contribution in [0.1, 0.15) is 18.9 Å². The summed E-state index contributed by atoms with van der Waals surface area (Å²) >= 11 is 3.44. The molecule has 0 unspecified atom stereocenters. The number of rotatable bonds is 8. The lowest BCUT2D eigenvalue weighted by molar-refractivity contribution is 0.606. The number of benzene rings is 1.